The van der Waals surface area contributed by atoms with Gasteiger partial charge in [0, 0.05) is 13.2 Å². The summed E-state index contributed by atoms with van der Waals surface area (Å²) >= 11 is 0. The monoisotopic (exact) mass is 560 g/mol. The van der Waals surface area contributed by atoms with Crippen LogP contribution in [0.3, 0.4) is 0 Å². The highest BCUT2D eigenvalue weighted by Crippen LogP contribution is 2.08. The van der Waals surface area contributed by atoms with Crippen LogP contribution in [0.15, 0.2) is 0 Å². The maximum atomic E-state index is 5.11. The van der Waals surface area contributed by atoms with Gasteiger partial charge >= 0.3 is 0 Å². The number of ether oxygens (including phenoxy) is 1. The molecule has 0 spiro atoms. The van der Waals surface area contributed by atoms with Gasteiger partial charge < -0.3 is 24.3 Å². The minimum absolute atomic E-state index is 0. The third kappa shape index (κ3) is 29.1. The molecule has 6 nitrogen and oxygen atoms in total. The zero-order chi connectivity index (χ0) is 26.3. The Bertz CT molecular complexity index is 399. The van der Waals surface area contributed by atoms with Crippen molar-refractivity contribution in [2.45, 2.75) is 112 Å². The van der Waals surface area contributed by atoms with E-state index in [9.17, 15) is 0 Å². The normalized spacial score (nSPS) is 23.3. The van der Waals surface area contributed by atoms with Gasteiger partial charge in [-0.1, -0.05) is 54.4 Å². The minimum Gasteiger partial charge on any atom is -0.366 e. The molecule has 0 aromatic rings. The molecule has 0 radical (unpaired) electrons. The zero-order valence-corrected chi connectivity index (χ0v) is 25.3. The van der Waals surface area contributed by atoms with E-state index in [0.717, 1.165) is 13.3 Å². The van der Waals surface area contributed by atoms with Gasteiger partial charge in [-0.2, -0.15) is 0 Å². The summed E-state index contributed by atoms with van der Waals surface area (Å²) < 4.78 is 5.11. The van der Waals surface area contributed by atoms with Gasteiger partial charge in [0.15, 0.2) is 0 Å². The Morgan fingerprint density at radius 1 is 0.308 bits per heavy atom. The Balaban J connectivity index is -0.000000409. The van der Waals surface area contributed by atoms with E-state index in [-0.39, 0.29) is 22.3 Å². The quantitative estimate of drug-likeness (QED) is 0.317. The molecule has 5 aliphatic heterocycles. The molecular weight excluding hydrogens is 482 g/mol. The third-order valence-corrected chi connectivity index (χ3v) is 7.71. The van der Waals surface area contributed by atoms with Crippen molar-refractivity contribution in [3.63, 3.8) is 0 Å². The van der Waals surface area contributed by atoms with E-state index in [1.807, 2.05) is 0 Å². The first-order valence-electron chi connectivity index (χ1n) is 15.5. The van der Waals surface area contributed by atoms with Crippen molar-refractivity contribution in [1.29, 1.82) is 0 Å². The van der Waals surface area contributed by atoms with Crippen LogP contribution in [-0.2, 0) is 4.74 Å². The van der Waals surface area contributed by atoms with Crippen LogP contribution >= 0.6 is 0 Å². The van der Waals surface area contributed by atoms with Crippen LogP contribution < -0.4 is 0 Å². The van der Waals surface area contributed by atoms with Gasteiger partial charge in [0.2, 0.25) is 0 Å². The van der Waals surface area contributed by atoms with Gasteiger partial charge in [-0.25, -0.2) is 0 Å². The molecule has 5 aliphatic rings. The highest BCUT2D eigenvalue weighted by Gasteiger charge is 2.05. The number of hydrogen-bond acceptors (Lipinski definition) is 6. The lowest BCUT2D eigenvalue weighted by Crippen LogP contribution is -2.28. The van der Waals surface area contributed by atoms with Crippen molar-refractivity contribution in [2.24, 2.45) is 0 Å². The predicted molar refractivity (Wildman–Crippen MR) is 178 cm³/mol. The summed E-state index contributed by atoms with van der Waals surface area (Å²) in [6.07, 6.45) is 19.7. The van der Waals surface area contributed by atoms with Crippen LogP contribution in [0.25, 0.3) is 0 Å². The molecular formula is C33H77N5O. The fraction of sp³-hybridized carbons (Fsp3) is 1.00. The molecule has 6 heteroatoms. The Morgan fingerprint density at radius 3 is 0.718 bits per heavy atom. The van der Waals surface area contributed by atoms with Crippen molar-refractivity contribution in [2.75, 3.05) is 107 Å². The molecule has 0 atom stereocenters. The fourth-order valence-electron chi connectivity index (χ4n) is 5.11. The van der Waals surface area contributed by atoms with Crippen molar-refractivity contribution in [3.05, 3.63) is 0 Å². The lowest BCUT2D eigenvalue weighted by atomic mass is 10.1. The van der Waals surface area contributed by atoms with Gasteiger partial charge in [0.05, 0.1) is 6.73 Å². The standard InChI is InChI=1S/2C7H15N.C6H13N.C5H11NO.C5H11N.3CH4/c2*1-8-6-4-2-3-5-7-8;1-7-5-3-2-4-6-7;1-6-3-2-4-7-5-6;1-6-4-2-3-5-6;;;/h2*2-7H2,1H3;2-6H2,1H3;2-5H2,1H3;2-5H2,1H3;3*1H4. The number of piperidine rings is 1. The lowest BCUT2D eigenvalue weighted by molar-refractivity contribution is 0.00118. The van der Waals surface area contributed by atoms with E-state index in [2.05, 4.69) is 59.7 Å². The van der Waals surface area contributed by atoms with Gasteiger partial charge in [0.25, 0.3) is 0 Å². The molecule has 5 fully saturated rings. The first-order chi connectivity index (χ1) is 17.5. The van der Waals surface area contributed by atoms with Crippen LogP contribution in [0.5, 0.6) is 0 Å². The Morgan fingerprint density at radius 2 is 0.538 bits per heavy atom. The van der Waals surface area contributed by atoms with Gasteiger partial charge in [-0.05, 0) is 145 Å². The maximum absolute atomic E-state index is 5.11. The zero-order valence-electron chi connectivity index (χ0n) is 25.3. The lowest BCUT2D eigenvalue weighted by Gasteiger charge is -2.21. The third-order valence-electron chi connectivity index (χ3n) is 7.71. The topological polar surface area (TPSA) is 25.4 Å². The van der Waals surface area contributed by atoms with Crippen LogP contribution in [0.4, 0.5) is 0 Å². The highest BCUT2D eigenvalue weighted by molar-refractivity contribution is 4.60. The van der Waals surface area contributed by atoms with Gasteiger partial charge in [-0.15, -0.1) is 0 Å². The molecule has 0 aromatic carbocycles. The Hall–Kier alpha value is -0.240. The summed E-state index contributed by atoms with van der Waals surface area (Å²) in [6, 6.07) is 0. The van der Waals surface area contributed by atoms with E-state index in [1.54, 1.807) is 0 Å². The Labute approximate surface area is 248 Å². The molecule has 0 bridgehead atoms. The summed E-state index contributed by atoms with van der Waals surface area (Å²) in [5.41, 5.74) is 0. The Kier molecular flexibility index (Phi) is 34.0. The van der Waals surface area contributed by atoms with Crippen LogP contribution in [0, 0.1) is 0 Å². The van der Waals surface area contributed by atoms with E-state index >= 15 is 0 Å². The summed E-state index contributed by atoms with van der Waals surface area (Å²) in [5, 5.41) is 0. The van der Waals surface area contributed by atoms with Gasteiger partial charge in [-0.3, -0.25) is 4.90 Å². The maximum Gasteiger partial charge on any atom is 0.0987 e. The molecule has 5 saturated heterocycles. The summed E-state index contributed by atoms with van der Waals surface area (Å²) in [5.74, 6) is 0. The highest BCUT2D eigenvalue weighted by atomic mass is 16.5. The number of nitrogens with zero attached hydrogens (tertiary/aromatic N) is 5. The summed E-state index contributed by atoms with van der Waals surface area (Å²) in [4.78, 5) is 11.8. The molecule has 0 aliphatic carbocycles. The van der Waals surface area contributed by atoms with E-state index < -0.39 is 0 Å². The second kappa shape index (κ2) is 30.7. The predicted octanol–water partition coefficient (Wildman–Crippen LogP) is 7.00. The molecule has 0 N–H and O–H groups in total. The first kappa shape index (κ1) is 43.2. The molecule has 0 unspecified atom stereocenters. The number of rotatable bonds is 0. The SMILES string of the molecule is C.C.C.CN1CCCC1.CN1CCCCC1.CN1CCCCCC1.CN1CCCCCC1.CN1CCCOC1. The van der Waals surface area contributed by atoms with Crippen molar-refractivity contribution >= 4 is 0 Å². The number of likely N-dealkylation sites (tertiary alicyclic amines) is 4. The van der Waals surface area contributed by atoms with Crippen molar-refractivity contribution in [3.8, 4) is 0 Å². The second-order valence-corrected chi connectivity index (χ2v) is 11.8. The fourth-order valence-corrected chi connectivity index (χ4v) is 5.11. The average Bonchev–Trinajstić information content (AvgIpc) is 3.07. The van der Waals surface area contributed by atoms with E-state index in [0.29, 0.717) is 0 Å². The smallest absolute Gasteiger partial charge is 0.0987 e. The largest absolute Gasteiger partial charge is 0.366 e. The van der Waals surface area contributed by atoms with Crippen molar-refractivity contribution in [1.82, 2.24) is 24.5 Å². The minimum atomic E-state index is 0. The molecule has 5 heterocycles. The van der Waals surface area contributed by atoms with E-state index in [4.69, 9.17) is 4.74 Å². The number of hydrogen-bond donors (Lipinski definition) is 0. The molecule has 240 valence electrons. The van der Waals surface area contributed by atoms with Crippen molar-refractivity contribution < 1.29 is 4.74 Å². The van der Waals surface area contributed by atoms with Crippen LogP contribution in [0.1, 0.15) is 112 Å². The molecule has 0 aromatic heterocycles. The average molecular weight is 560 g/mol. The molecule has 0 saturated carbocycles. The van der Waals surface area contributed by atoms with E-state index in [1.165, 1.54) is 149 Å². The van der Waals surface area contributed by atoms with Crippen LogP contribution in [0.2, 0.25) is 0 Å². The molecule has 5 rings (SSSR count). The first-order valence-corrected chi connectivity index (χ1v) is 15.5. The van der Waals surface area contributed by atoms with Crippen LogP contribution in [-0.4, -0.2) is 132 Å². The van der Waals surface area contributed by atoms with Gasteiger partial charge in [0.1, 0.15) is 0 Å². The second-order valence-electron chi connectivity index (χ2n) is 11.8. The summed E-state index contributed by atoms with van der Waals surface area (Å²) in [6.45, 7) is 13.5. The molecule has 0 amide bonds. The summed E-state index contributed by atoms with van der Waals surface area (Å²) in [7, 11) is 10.9. The molecule has 39 heavy (non-hydrogen) atoms.